The number of hydrogen-bond acceptors (Lipinski definition) is 4. The molecule has 2 bridgehead atoms. The van der Waals surface area contributed by atoms with Gasteiger partial charge in [0.15, 0.2) is 0 Å². The minimum absolute atomic E-state index is 0.0675. The van der Waals surface area contributed by atoms with Gasteiger partial charge in [0.25, 0.3) is 5.69 Å². The van der Waals surface area contributed by atoms with E-state index in [-0.39, 0.29) is 23.6 Å². The van der Waals surface area contributed by atoms with Crippen molar-refractivity contribution in [2.45, 2.75) is 32.2 Å². The first kappa shape index (κ1) is 13.9. The van der Waals surface area contributed by atoms with Crippen molar-refractivity contribution in [2.24, 2.45) is 17.8 Å². The Morgan fingerprint density at radius 3 is 2.71 bits per heavy atom. The molecule has 1 aromatic rings. The number of fused-ring (bicyclic) bond motifs is 2. The van der Waals surface area contributed by atoms with Crippen LogP contribution in [-0.4, -0.2) is 22.0 Å². The van der Waals surface area contributed by atoms with Crippen LogP contribution in [0.1, 0.15) is 24.8 Å². The van der Waals surface area contributed by atoms with Gasteiger partial charge in [0, 0.05) is 23.4 Å². The molecule has 6 nitrogen and oxygen atoms in total. The summed E-state index contributed by atoms with van der Waals surface area (Å²) in [5.41, 5.74) is 1.44. The van der Waals surface area contributed by atoms with Gasteiger partial charge in [0.2, 0.25) is 0 Å². The lowest BCUT2D eigenvalue weighted by Crippen LogP contribution is -2.39. The van der Waals surface area contributed by atoms with Crippen LogP contribution in [0.4, 0.5) is 11.4 Å². The van der Waals surface area contributed by atoms with Crippen LogP contribution in [0.25, 0.3) is 0 Å². The molecule has 0 aliphatic heterocycles. The zero-order valence-electron chi connectivity index (χ0n) is 11.8. The molecule has 0 spiro atoms. The molecule has 2 aliphatic carbocycles. The van der Waals surface area contributed by atoms with Crippen molar-refractivity contribution in [1.82, 2.24) is 0 Å². The summed E-state index contributed by atoms with van der Waals surface area (Å²) in [7, 11) is 0. The summed E-state index contributed by atoms with van der Waals surface area (Å²) in [5.74, 6) is -0.423. The maximum absolute atomic E-state index is 11.5. The molecule has 1 aromatic carbocycles. The highest BCUT2D eigenvalue weighted by Gasteiger charge is 2.51. The van der Waals surface area contributed by atoms with Crippen LogP contribution >= 0.6 is 0 Å². The Morgan fingerprint density at radius 1 is 1.38 bits per heavy atom. The van der Waals surface area contributed by atoms with E-state index in [9.17, 15) is 20.0 Å². The summed E-state index contributed by atoms with van der Waals surface area (Å²) >= 11 is 0. The molecule has 4 atom stereocenters. The molecule has 2 N–H and O–H groups in total. The van der Waals surface area contributed by atoms with Crippen molar-refractivity contribution in [3.05, 3.63) is 33.9 Å². The molecule has 21 heavy (non-hydrogen) atoms. The first-order valence-electron chi connectivity index (χ1n) is 7.21. The first-order chi connectivity index (χ1) is 9.97. The van der Waals surface area contributed by atoms with E-state index in [1.54, 1.807) is 19.1 Å². The summed E-state index contributed by atoms with van der Waals surface area (Å²) in [5, 5.41) is 23.6. The third kappa shape index (κ3) is 2.34. The Morgan fingerprint density at radius 2 is 2.10 bits per heavy atom. The third-order valence-electron chi connectivity index (χ3n) is 4.93. The second kappa shape index (κ2) is 5.02. The minimum atomic E-state index is -0.738. The average molecular weight is 290 g/mol. The van der Waals surface area contributed by atoms with Crippen LogP contribution in [0.5, 0.6) is 0 Å². The molecule has 6 heteroatoms. The molecule has 4 unspecified atom stereocenters. The molecule has 3 rings (SSSR count). The molecule has 2 fully saturated rings. The molecule has 0 aromatic heterocycles. The molecular weight excluding hydrogens is 272 g/mol. The molecule has 0 amide bonds. The predicted molar refractivity (Wildman–Crippen MR) is 77.2 cm³/mol. The molecular formula is C15H18N2O4. The smallest absolute Gasteiger partial charge is 0.308 e. The van der Waals surface area contributed by atoms with E-state index in [2.05, 4.69) is 5.32 Å². The van der Waals surface area contributed by atoms with Crippen molar-refractivity contribution >= 4 is 17.3 Å². The fraction of sp³-hybridized carbons (Fsp3) is 0.533. The Bertz CT molecular complexity index is 601. The van der Waals surface area contributed by atoms with Gasteiger partial charge in [-0.05, 0) is 50.2 Å². The zero-order valence-corrected chi connectivity index (χ0v) is 11.8. The number of carbonyl (C=O) groups is 1. The van der Waals surface area contributed by atoms with Gasteiger partial charge in [0.1, 0.15) is 0 Å². The van der Waals surface area contributed by atoms with Gasteiger partial charge in [-0.1, -0.05) is 0 Å². The summed E-state index contributed by atoms with van der Waals surface area (Å²) in [6.07, 6.45) is 3.04. The summed E-state index contributed by atoms with van der Waals surface area (Å²) in [6.45, 7) is 1.69. The number of benzene rings is 1. The number of nitro benzene ring substituents is 1. The highest BCUT2D eigenvalue weighted by Crippen LogP contribution is 2.49. The number of carboxylic acids is 1. The maximum Gasteiger partial charge on any atom is 0.308 e. The summed E-state index contributed by atoms with van der Waals surface area (Å²) in [6, 6.07) is 4.79. The van der Waals surface area contributed by atoms with Gasteiger partial charge >= 0.3 is 5.97 Å². The second-order valence-corrected chi connectivity index (χ2v) is 6.13. The van der Waals surface area contributed by atoms with Crippen molar-refractivity contribution < 1.29 is 14.8 Å². The number of hydrogen-bond donors (Lipinski definition) is 2. The lowest BCUT2D eigenvalue weighted by Gasteiger charge is -2.29. The second-order valence-electron chi connectivity index (χ2n) is 6.13. The Labute approximate surface area is 122 Å². The van der Waals surface area contributed by atoms with Crippen LogP contribution in [0.2, 0.25) is 0 Å². The zero-order chi connectivity index (χ0) is 15.1. The summed E-state index contributed by atoms with van der Waals surface area (Å²) in [4.78, 5) is 21.9. The van der Waals surface area contributed by atoms with Crippen molar-refractivity contribution in [3.63, 3.8) is 0 Å². The SMILES string of the molecule is Cc1cc(NC2C3CCC(C3)C2C(=O)O)ccc1[N+](=O)[O-]. The Kier molecular flexibility index (Phi) is 3.31. The highest BCUT2D eigenvalue weighted by atomic mass is 16.6. The fourth-order valence-corrected chi connectivity index (χ4v) is 4.00. The lowest BCUT2D eigenvalue weighted by atomic mass is 9.84. The first-order valence-corrected chi connectivity index (χ1v) is 7.21. The normalized spacial score (nSPS) is 30.3. The fourth-order valence-electron chi connectivity index (χ4n) is 4.00. The van der Waals surface area contributed by atoms with Crippen LogP contribution in [0.3, 0.4) is 0 Å². The molecule has 2 aliphatic rings. The minimum Gasteiger partial charge on any atom is -0.481 e. The number of nitrogens with zero attached hydrogens (tertiary/aromatic N) is 1. The van der Waals surface area contributed by atoms with Crippen LogP contribution in [0, 0.1) is 34.8 Å². The number of carboxylic acid groups (broad SMARTS) is 1. The van der Waals surface area contributed by atoms with Gasteiger partial charge in [0.05, 0.1) is 10.8 Å². The number of aliphatic carboxylic acids is 1. The van der Waals surface area contributed by atoms with Crippen LogP contribution in [-0.2, 0) is 4.79 Å². The van der Waals surface area contributed by atoms with E-state index in [0.717, 1.165) is 24.9 Å². The largest absolute Gasteiger partial charge is 0.481 e. The van der Waals surface area contributed by atoms with Crippen molar-refractivity contribution in [3.8, 4) is 0 Å². The Hall–Kier alpha value is -2.11. The maximum atomic E-state index is 11.5. The van der Waals surface area contributed by atoms with Gasteiger partial charge in [-0.25, -0.2) is 0 Å². The Balaban J connectivity index is 1.81. The van der Waals surface area contributed by atoms with E-state index >= 15 is 0 Å². The van der Waals surface area contributed by atoms with Crippen molar-refractivity contribution in [2.75, 3.05) is 5.32 Å². The number of anilines is 1. The van der Waals surface area contributed by atoms with Gasteiger partial charge < -0.3 is 10.4 Å². The monoisotopic (exact) mass is 290 g/mol. The topological polar surface area (TPSA) is 92.5 Å². The third-order valence-corrected chi connectivity index (χ3v) is 4.93. The van der Waals surface area contributed by atoms with Crippen molar-refractivity contribution in [1.29, 1.82) is 0 Å². The number of rotatable bonds is 4. The van der Waals surface area contributed by atoms with E-state index in [4.69, 9.17) is 0 Å². The predicted octanol–water partition coefficient (Wildman–Crippen LogP) is 2.81. The van der Waals surface area contributed by atoms with E-state index < -0.39 is 10.9 Å². The molecule has 0 saturated heterocycles. The van der Waals surface area contributed by atoms with E-state index in [1.807, 2.05) is 0 Å². The molecule has 0 heterocycles. The number of nitrogens with one attached hydrogen (secondary N) is 1. The van der Waals surface area contributed by atoms with Gasteiger partial charge in [-0.2, -0.15) is 0 Å². The van der Waals surface area contributed by atoms with Gasteiger partial charge in [-0.3, -0.25) is 14.9 Å². The number of aryl methyl sites for hydroxylation is 1. The molecule has 2 saturated carbocycles. The lowest BCUT2D eigenvalue weighted by molar-refractivity contribution is -0.385. The highest BCUT2D eigenvalue weighted by molar-refractivity contribution is 5.73. The number of nitro groups is 1. The van der Waals surface area contributed by atoms with Crippen LogP contribution < -0.4 is 5.32 Å². The van der Waals surface area contributed by atoms with Crippen LogP contribution in [0.15, 0.2) is 18.2 Å². The molecule has 112 valence electrons. The average Bonchev–Trinajstić information content (AvgIpc) is 2.98. The standard InChI is InChI=1S/C15H18N2O4/c1-8-6-11(4-5-12(8)17(20)21)16-14-10-3-2-9(7-10)13(14)15(18)19/h4-6,9-10,13-14,16H,2-3,7H2,1H3,(H,18,19). The van der Waals surface area contributed by atoms with E-state index in [1.165, 1.54) is 6.07 Å². The van der Waals surface area contributed by atoms with E-state index in [0.29, 0.717) is 11.5 Å². The summed E-state index contributed by atoms with van der Waals surface area (Å²) < 4.78 is 0. The molecule has 0 radical (unpaired) electrons. The quantitative estimate of drug-likeness (QED) is 0.657. The van der Waals surface area contributed by atoms with Gasteiger partial charge in [-0.15, -0.1) is 0 Å².